The number of likely N-dealkylation sites (tertiary alicyclic amines) is 1. The number of pyridine rings is 1. The third-order valence-electron chi connectivity index (χ3n) is 8.12. The van der Waals surface area contributed by atoms with E-state index in [2.05, 4.69) is 39.6 Å². The molecular formula is C30H40N4O4S. The summed E-state index contributed by atoms with van der Waals surface area (Å²) in [6.45, 7) is 9.72. The molecule has 3 aliphatic rings. The van der Waals surface area contributed by atoms with E-state index in [1.807, 2.05) is 24.4 Å². The Morgan fingerprint density at radius 2 is 1.77 bits per heavy atom. The molecule has 4 heterocycles. The number of piperidine rings is 1. The first-order valence-electron chi connectivity index (χ1n) is 14.2. The van der Waals surface area contributed by atoms with Gasteiger partial charge in [-0.15, -0.1) is 0 Å². The first kappa shape index (κ1) is 27.9. The fraction of sp³-hybridized carbons (Fsp3) is 0.567. The van der Waals surface area contributed by atoms with Gasteiger partial charge in [-0.1, -0.05) is 31.7 Å². The van der Waals surface area contributed by atoms with Crippen LogP contribution in [0.2, 0.25) is 0 Å². The average molecular weight is 553 g/mol. The Morgan fingerprint density at radius 1 is 1.05 bits per heavy atom. The molecule has 1 atom stereocenters. The van der Waals surface area contributed by atoms with Gasteiger partial charge in [-0.25, -0.2) is 14.6 Å². The van der Waals surface area contributed by atoms with Crippen LogP contribution in [0.3, 0.4) is 0 Å². The van der Waals surface area contributed by atoms with Crippen LogP contribution >= 0.6 is 11.8 Å². The highest BCUT2D eigenvalue weighted by Crippen LogP contribution is 2.32. The summed E-state index contributed by atoms with van der Waals surface area (Å²) in [7, 11) is 0. The van der Waals surface area contributed by atoms with Gasteiger partial charge in [0.15, 0.2) is 0 Å². The van der Waals surface area contributed by atoms with Gasteiger partial charge in [-0.3, -0.25) is 4.90 Å². The zero-order valence-electron chi connectivity index (χ0n) is 23.0. The summed E-state index contributed by atoms with van der Waals surface area (Å²) in [6.07, 6.45) is 6.93. The third-order valence-corrected chi connectivity index (χ3v) is 9.08. The number of hydrogen-bond donors (Lipinski definition) is 1. The summed E-state index contributed by atoms with van der Waals surface area (Å²) in [5, 5.41) is 9.96. The molecule has 0 saturated carbocycles. The Bertz CT molecular complexity index is 1110. The van der Waals surface area contributed by atoms with Gasteiger partial charge in [0, 0.05) is 62.6 Å². The van der Waals surface area contributed by atoms with Gasteiger partial charge in [0.1, 0.15) is 5.03 Å². The zero-order chi connectivity index (χ0) is 27.4. The molecule has 2 amide bonds. The zero-order valence-corrected chi connectivity index (χ0v) is 23.8. The maximum atomic E-state index is 13.6. The number of benzene rings is 1. The highest BCUT2D eigenvalue weighted by Gasteiger charge is 2.44. The molecule has 3 saturated heterocycles. The summed E-state index contributed by atoms with van der Waals surface area (Å²) in [5.74, 6) is -0.352. The minimum atomic E-state index is -0.919. The number of carbonyl (C=O) groups is 2. The van der Waals surface area contributed by atoms with E-state index in [1.165, 1.54) is 17.3 Å². The van der Waals surface area contributed by atoms with Crippen molar-refractivity contribution in [3.8, 4) is 0 Å². The van der Waals surface area contributed by atoms with Crippen LogP contribution in [-0.4, -0.2) is 87.8 Å². The van der Waals surface area contributed by atoms with E-state index in [0.717, 1.165) is 81.4 Å². The van der Waals surface area contributed by atoms with Gasteiger partial charge in [-0.2, -0.15) is 0 Å². The van der Waals surface area contributed by atoms with Gasteiger partial charge < -0.3 is 19.6 Å². The first-order chi connectivity index (χ1) is 18.9. The van der Waals surface area contributed by atoms with Crippen LogP contribution in [0.15, 0.2) is 52.5 Å². The number of urea groups is 1. The summed E-state index contributed by atoms with van der Waals surface area (Å²) in [5.41, 5.74) is 1.47. The van der Waals surface area contributed by atoms with Crippen LogP contribution in [-0.2, 0) is 11.3 Å². The van der Waals surface area contributed by atoms with Crippen molar-refractivity contribution in [1.29, 1.82) is 0 Å². The molecule has 210 valence electrons. The van der Waals surface area contributed by atoms with Crippen LogP contribution < -0.4 is 0 Å². The summed E-state index contributed by atoms with van der Waals surface area (Å²) >= 11 is 1.53. The largest absolute Gasteiger partial charge is 0.478 e. The average Bonchev–Trinajstić information content (AvgIpc) is 3.26. The second-order valence-electron chi connectivity index (χ2n) is 11.4. The number of nitrogens with zero attached hydrogens (tertiary/aromatic N) is 4. The van der Waals surface area contributed by atoms with Crippen LogP contribution in [0.25, 0.3) is 0 Å². The van der Waals surface area contributed by atoms with Crippen LogP contribution in [0, 0.1) is 5.92 Å². The first-order valence-corrected chi connectivity index (χ1v) is 15.0. The molecule has 0 spiro atoms. The summed E-state index contributed by atoms with van der Waals surface area (Å²) in [6, 6.07) is 12.2. The number of rotatable bonds is 9. The second-order valence-corrected chi connectivity index (χ2v) is 12.5. The van der Waals surface area contributed by atoms with Crippen molar-refractivity contribution in [2.24, 2.45) is 5.92 Å². The fourth-order valence-corrected chi connectivity index (χ4v) is 6.91. The predicted molar refractivity (Wildman–Crippen MR) is 151 cm³/mol. The van der Waals surface area contributed by atoms with Gasteiger partial charge in [0.25, 0.3) is 0 Å². The topological polar surface area (TPSA) is 86.2 Å². The Morgan fingerprint density at radius 3 is 2.38 bits per heavy atom. The van der Waals surface area contributed by atoms with E-state index in [-0.39, 0.29) is 11.6 Å². The molecule has 1 N–H and O–H groups in total. The van der Waals surface area contributed by atoms with Crippen molar-refractivity contribution in [3.63, 3.8) is 0 Å². The van der Waals surface area contributed by atoms with Crippen molar-refractivity contribution in [3.05, 3.63) is 53.7 Å². The van der Waals surface area contributed by atoms with Crippen LogP contribution in [0.1, 0.15) is 61.9 Å². The van der Waals surface area contributed by atoms with E-state index >= 15 is 0 Å². The Labute approximate surface area is 235 Å². The lowest BCUT2D eigenvalue weighted by Gasteiger charge is -2.39. The number of ether oxygens (including phenoxy) is 1. The molecule has 1 aromatic carbocycles. The molecule has 2 aromatic rings. The van der Waals surface area contributed by atoms with Crippen LogP contribution in [0.5, 0.6) is 0 Å². The number of carbonyl (C=O) groups excluding carboxylic acids is 1. The van der Waals surface area contributed by atoms with Crippen molar-refractivity contribution in [2.45, 2.75) is 80.5 Å². The molecule has 0 bridgehead atoms. The molecule has 3 fully saturated rings. The molecule has 3 aliphatic heterocycles. The van der Waals surface area contributed by atoms with Gasteiger partial charge in [0.2, 0.25) is 0 Å². The van der Waals surface area contributed by atoms with Crippen LogP contribution in [0.4, 0.5) is 4.79 Å². The maximum Gasteiger partial charge on any atom is 0.335 e. The smallest absolute Gasteiger partial charge is 0.335 e. The second kappa shape index (κ2) is 12.7. The van der Waals surface area contributed by atoms with Crippen molar-refractivity contribution in [1.82, 2.24) is 19.7 Å². The quantitative estimate of drug-likeness (QED) is 0.456. The molecule has 8 nitrogen and oxygen atoms in total. The van der Waals surface area contributed by atoms with Gasteiger partial charge in [-0.05, 0) is 73.9 Å². The minimum Gasteiger partial charge on any atom is -0.478 e. The molecule has 1 aromatic heterocycles. The fourth-order valence-electron chi connectivity index (χ4n) is 6.15. The minimum absolute atomic E-state index is 0.251. The lowest BCUT2D eigenvalue weighted by atomic mass is 9.97. The normalized spacial score (nSPS) is 21.7. The Kier molecular flexibility index (Phi) is 9.10. The van der Waals surface area contributed by atoms with Crippen molar-refractivity contribution in [2.75, 3.05) is 32.8 Å². The molecule has 5 rings (SSSR count). The molecule has 39 heavy (non-hydrogen) atoms. The van der Waals surface area contributed by atoms with E-state index < -0.39 is 5.97 Å². The number of carboxylic acid groups (broad SMARTS) is 1. The highest BCUT2D eigenvalue weighted by molar-refractivity contribution is 7.99. The molecule has 1 unspecified atom stereocenters. The number of aromatic carboxylic acids is 1. The van der Waals surface area contributed by atoms with E-state index in [0.29, 0.717) is 24.0 Å². The molecular weight excluding hydrogens is 512 g/mol. The van der Waals surface area contributed by atoms with E-state index in [4.69, 9.17) is 9.84 Å². The lowest BCUT2D eigenvalue weighted by molar-refractivity contribution is 0.0493. The number of hydrogen-bond acceptors (Lipinski definition) is 6. The number of carboxylic acids is 1. The van der Waals surface area contributed by atoms with Crippen molar-refractivity contribution >= 4 is 23.8 Å². The SMILES string of the molecule is CC(C)CC1CN(C2CCOCC2)C(=O)N1C1CCN(Cc2ccc(Sc3ccc(C(=O)O)cc3)nc2)CC1. The van der Waals surface area contributed by atoms with E-state index in [9.17, 15) is 9.59 Å². The van der Waals surface area contributed by atoms with Gasteiger partial charge >= 0.3 is 12.0 Å². The number of aromatic nitrogens is 1. The predicted octanol–water partition coefficient (Wildman–Crippen LogP) is 5.23. The number of amides is 2. The Hall–Kier alpha value is -2.62. The molecule has 0 radical (unpaired) electrons. The third kappa shape index (κ3) is 6.94. The molecule has 9 heteroatoms. The monoisotopic (exact) mass is 552 g/mol. The summed E-state index contributed by atoms with van der Waals surface area (Å²) < 4.78 is 5.55. The van der Waals surface area contributed by atoms with Gasteiger partial charge in [0.05, 0.1) is 11.6 Å². The highest BCUT2D eigenvalue weighted by atomic mass is 32.2. The Balaban J connectivity index is 1.14. The van der Waals surface area contributed by atoms with Crippen molar-refractivity contribution < 1.29 is 19.4 Å². The standard InChI is InChI=1S/C30H40N4O4S/c1-21(2)17-26-20-33(24-11-15-38-16-12-24)30(37)34(26)25-9-13-32(14-10-25)19-22-3-8-28(31-18-22)39-27-6-4-23(5-7-27)29(35)36/h3-8,18,21,24-26H,9-17,19-20H2,1-2H3,(H,35,36). The van der Waals surface area contributed by atoms with E-state index in [1.54, 1.807) is 12.1 Å². The lowest BCUT2D eigenvalue weighted by Crippen LogP contribution is -2.50. The molecule has 0 aliphatic carbocycles. The summed E-state index contributed by atoms with van der Waals surface area (Å²) in [4.78, 5) is 37.2. The maximum absolute atomic E-state index is 13.6.